The van der Waals surface area contributed by atoms with Gasteiger partial charge in [-0.3, -0.25) is 39.1 Å². The Morgan fingerprint density at radius 1 is 0.438 bits per heavy atom. The summed E-state index contributed by atoms with van der Waals surface area (Å²) in [5, 5.41) is 4.29. The van der Waals surface area contributed by atoms with Gasteiger partial charge in [0.15, 0.2) is 0 Å². The molecule has 0 unspecified atom stereocenters. The zero-order valence-corrected chi connectivity index (χ0v) is 52.3. The number of methoxy groups -OCH3 is 4. The number of aromatic nitrogens is 4. The van der Waals surface area contributed by atoms with Crippen molar-refractivity contribution in [3.05, 3.63) is 150 Å². The molecule has 5 aliphatic rings. The van der Waals surface area contributed by atoms with Gasteiger partial charge in [-0.1, -0.05) is 24.3 Å². The van der Waals surface area contributed by atoms with Gasteiger partial charge in [-0.25, -0.2) is 0 Å². The van der Waals surface area contributed by atoms with Crippen LogP contribution in [0.15, 0.2) is 122 Å². The first kappa shape index (κ1) is 63.7. The van der Waals surface area contributed by atoms with E-state index < -0.39 is 5.41 Å². The number of hydrogen-bond donors (Lipinski definition) is 0. The second kappa shape index (κ2) is 30.2. The molecule has 1 aliphatic carbocycles. The average Bonchev–Trinajstić information content (AvgIpc) is 1.80. The molecule has 13 rings (SSSR count). The standard InChI is InChI=1S/C19H23N3O2.C18H21NO3.C17H21N3O2.C16H18N2O3/c1-21-7-9-22(10-8-21)16-12-14-11-15(3-4-17(14)20-13-16)19(5-6-19)18(23)24-2;1-21-18(20)11-14-2-3-17-16(9-14)10-15(12-19-17)8-13-4-6-22-7-5-13;1-19-5-7-20(8-6-19)15-11-14-9-13(10-17(21)22-2)3-4-16(14)18-12-15;1-20-16(19)9-12-2-3-15-13(8-12)10-14(11-17-15)18-4-6-21-7-5-18/h3-4,11-13H,5-10H2,1-2H3;2-3,9-10,12-13H,4-8,11H2,1H3;3-4,9,11-12H,5-8,10H2,1-2H3;2-3,8,10-11H,4-7,9H2,1H3. The predicted molar refractivity (Wildman–Crippen MR) is 347 cm³/mol. The Labute approximate surface area is 521 Å². The van der Waals surface area contributed by atoms with Crippen LogP contribution in [0.4, 0.5) is 17.1 Å². The normalized spacial score (nSPS) is 16.9. The Hall–Kier alpha value is -8.36. The quantitative estimate of drug-likeness (QED) is 0.0787. The fourth-order valence-corrected chi connectivity index (χ4v) is 11.8. The molecule has 0 N–H and O–H groups in total. The van der Waals surface area contributed by atoms with Crippen molar-refractivity contribution < 1.29 is 47.6 Å². The maximum atomic E-state index is 12.1. The van der Waals surface area contributed by atoms with Crippen molar-refractivity contribution in [3.63, 3.8) is 0 Å². The summed E-state index contributed by atoms with van der Waals surface area (Å²) in [5.74, 6) is -0.101. The van der Waals surface area contributed by atoms with Gasteiger partial charge in [-0.15, -0.1) is 0 Å². The number of pyridine rings is 4. The van der Waals surface area contributed by atoms with E-state index in [1.165, 1.54) is 34.0 Å². The maximum Gasteiger partial charge on any atom is 0.316 e. The van der Waals surface area contributed by atoms with Crippen LogP contribution in [-0.4, -0.2) is 188 Å². The van der Waals surface area contributed by atoms with E-state index in [1.807, 2.05) is 91.5 Å². The summed E-state index contributed by atoms with van der Waals surface area (Å²) in [7, 11) is 10.0. The van der Waals surface area contributed by atoms with Gasteiger partial charge in [-0.05, 0) is 153 Å². The molecule has 4 aliphatic heterocycles. The summed E-state index contributed by atoms with van der Waals surface area (Å²) in [4.78, 5) is 76.2. The second-order valence-electron chi connectivity index (χ2n) is 23.7. The molecule has 89 heavy (non-hydrogen) atoms. The van der Waals surface area contributed by atoms with E-state index in [4.69, 9.17) is 28.4 Å². The van der Waals surface area contributed by atoms with E-state index in [-0.39, 0.29) is 30.3 Å². The molecular formula is C70H83N9O10. The highest BCUT2D eigenvalue weighted by Crippen LogP contribution is 2.49. The van der Waals surface area contributed by atoms with Crippen LogP contribution >= 0.6 is 0 Å². The highest BCUT2D eigenvalue weighted by Gasteiger charge is 2.52. The van der Waals surface area contributed by atoms with E-state index in [1.54, 1.807) is 0 Å². The first-order chi connectivity index (χ1) is 43.3. The monoisotopic (exact) mass is 1210 g/mol. The number of carbonyl (C=O) groups excluding carboxylic acids is 4. The third-order valence-electron chi connectivity index (χ3n) is 17.5. The Kier molecular flexibility index (Phi) is 21.6. The molecule has 0 radical (unpaired) electrons. The van der Waals surface area contributed by atoms with Gasteiger partial charge in [0.2, 0.25) is 0 Å². The number of carbonyl (C=O) groups is 4. The van der Waals surface area contributed by atoms with Gasteiger partial charge in [-0.2, -0.15) is 0 Å². The lowest BCUT2D eigenvalue weighted by molar-refractivity contribution is -0.144. The van der Waals surface area contributed by atoms with Crippen molar-refractivity contribution in [2.24, 2.45) is 5.92 Å². The average molecular weight is 1210 g/mol. The summed E-state index contributed by atoms with van der Waals surface area (Å²) in [6, 6.07) is 32.5. The fourth-order valence-electron chi connectivity index (χ4n) is 11.8. The number of hydrogen-bond acceptors (Lipinski definition) is 19. The number of piperazine rings is 2. The van der Waals surface area contributed by atoms with Gasteiger partial charge < -0.3 is 52.9 Å². The third kappa shape index (κ3) is 16.9. The van der Waals surface area contributed by atoms with Gasteiger partial charge in [0.1, 0.15) is 0 Å². The first-order valence-corrected chi connectivity index (χ1v) is 30.9. The molecule has 8 heterocycles. The number of ether oxygens (including phenoxy) is 6. The van der Waals surface area contributed by atoms with E-state index in [2.05, 4.69) is 88.9 Å². The minimum absolute atomic E-state index is 0.120. The number of anilines is 3. The van der Waals surface area contributed by atoms with Crippen LogP contribution in [0.25, 0.3) is 43.6 Å². The molecule has 4 saturated heterocycles. The highest BCUT2D eigenvalue weighted by atomic mass is 16.5. The fraction of sp³-hybridized carbons (Fsp3) is 0.429. The lowest BCUT2D eigenvalue weighted by atomic mass is 9.92. The summed E-state index contributed by atoms with van der Waals surface area (Å²) < 4.78 is 29.9. The molecule has 8 aromatic rings. The van der Waals surface area contributed by atoms with Crippen LogP contribution in [0.1, 0.15) is 53.5 Å². The zero-order chi connectivity index (χ0) is 62.3. The molecule has 0 spiro atoms. The van der Waals surface area contributed by atoms with E-state index in [0.29, 0.717) is 18.8 Å². The Morgan fingerprint density at radius 3 is 1.22 bits per heavy atom. The van der Waals surface area contributed by atoms with Crippen molar-refractivity contribution in [2.75, 3.05) is 149 Å². The van der Waals surface area contributed by atoms with Crippen LogP contribution < -0.4 is 14.7 Å². The summed E-state index contributed by atoms with van der Waals surface area (Å²) >= 11 is 0. The molecule has 19 nitrogen and oxygen atoms in total. The van der Waals surface area contributed by atoms with Gasteiger partial charge in [0.25, 0.3) is 0 Å². The molecule has 468 valence electrons. The topological polar surface area (TPSA) is 191 Å². The largest absolute Gasteiger partial charge is 0.469 e. The Morgan fingerprint density at radius 2 is 0.809 bits per heavy atom. The first-order valence-electron chi connectivity index (χ1n) is 30.9. The minimum Gasteiger partial charge on any atom is -0.469 e. The minimum atomic E-state index is -0.424. The molecule has 5 fully saturated rings. The summed E-state index contributed by atoms with van der Waals surface area (Å²) in [6.07, 6.45) is 13.7. The second-order valence-corrected chi connectivity index (χ2v) is 23.7. The number of esters is 4. The number of benzene rings is 4. The number of nitrogens with zero attached hydrogens (tertiary/aromatic N) is 9. The molecule has 0 amide bonds. The van der Waals surface area contributed by atoms with E-state index in [9.17, 15) is 19.2 Å². The molecular weight excluding hydrogens is 1130 g/mol. The molecule has 4 aromatic heterocycles. The van der Waals surface area contributed by atoms with Crippen LogP contribution in [0.3, 0.4) is 0 Å². The maximum absolute atomic E-state index is 12.1. The van der Waals surface area contributed by atoms with Gasteiger partial charge >= 0.3 is 23.9 Å². The van der Waals surface area contributed by atoms with Crippen LogP contribution in [0.5, 0.6) is 0 Å². The molecule has 0 atom stereocenters. The van der Waals surface area contributed by atoms with Crippen molar-refractivity contribution in [2.45, 2.75) is 56.8 Å². The van der Waals surface area contributed by atoms with Crippen LogP contribution in [-0.2, 0) is 78.7 Å². The highest BCUT2D eigenvalue weighted by molar-refractivity contribution is 5.90. The lowest BCUT2D eigenvalue weighted by Gasteiger charge is -2.33. The molecule has 4 aromatic carbocycles. The van der Waals surface area contributed by atoms with Crippen molar-refractivity contribution in [1.29, 1.82) is 0 Å². The van der Waals surface area contributed by atoms with Crippen molar-refractivity contribution in [3.8, 4) is 0 Å². The van der Waals surface area contributed by atoms with Crippen molar-refractivity contribution in [1.82, 2.24) is 29.7 Å². The molecule has 1 saturated carbocycles. The third-order valence-corrected chi connectivity index (χ3v) is 17.5. The van der Waals surface area contributed by atoms with E-state index >= 15 is 0 Å². The van der Waals surface area contributed by atoms with Crippen molar-refractivity contribution >= 4 is 84.6 Å². The van der Waals surface area contributed by atoms with Crippen LogP contribution in [0, 0.1) is 5.92 Å². The number of likely N-dealkylation sites (N-methyl/N-ethyl adjacent to an activating group) is 2. The Bertz CT molecular complexity index is 3740. The van der Waals surface area contributed by atoms with Gasteiger partial charge in [0.05, 0.1) is 124 Å². The predicted octanol–water partition coefficient (Wildman–Crippen LogP) is 8.60. The van der Waals surface area contributed by atoms with E-state index in [0.717, 1.165) is 207 Å². The van der Waals surface area contributed by atoms with Crippen LogP contribution in [0.2, 0.25) is 0 Å². The molecule has 0 bridgehead atoms. The summed E-state index contributed by atoms with van der Waals surface area (Å²) in [6.45, 7) is 13.4. The Balaban J connectivity index is 0.000000131. The lowest BCUT2D eigenvalue weighted by Crippen LogP contribution is -2.44. The number of morpholine rings is 1. The molecule has 19 heteroatoms. The SMILES string of the molecule is COC(=O)C1(c2ccc3ncc(N4CCN(C)CC4)cc3c2)CC1.COC(=O)Cc1ccc2ncc(CC3CCOCC3)cc2c1.COC(=O)Cc1ccc2ncc(N3CCN(C)CC3)cc2c1.COC(=O)Cc1ccc2ncc(N3CCOCC3)cc2c1. The zero-order valence-electron chi connectivity index (χ0n) is 52.3. The van der Waals surface area contributed by atoms with Gasteiger partial charge in [0, 0.05) is 106 Å². The smallest absolute Gasteiger partial charge is 0.316 e. The number of fused-ring (bicyclic) bond motifs is 4. The summed E-state index contributed by atoms with van der Waals surface area (Å²) in [5.41, 5.74) is 12.0. The number of rotatable bonds is 13.